The lowest BCUT2D eigenvalue weighted by Gasteiger charge is -1.85. The molecular formula is C8H7N3. The van der Waals surface area contributed by atoms with Crippen LogP contribution < -0.4 is 0 Å². The number of hydrogen-bond donors (Lipinski definition) is 1. The molecule has 0 unspecified atom stereocenters. The van der Waals surface area contributed by atoms with Crippen LogP contribution in [0.2, 0.25) is 0 Å². The highest BCUT2D eigenvalue weighted by atomic mass is 15.1. The third-order valence-corrected chi connectivity index (χ3v) is 1.84. The smallest absolute Gasteiger partial charge is 0.169 e. The number of nitrogens with one attached hydrogen (secondary N) is 1. The van der Waals surface area contributed by atoms with Crippen molar-refractivity contribution in [3.05, 3.63) is 22.5 Å². The monoisotopic (exact) mass is 145 g/mol. The molecule has 0 amide bonds. The summed E-state index contributed by atoms with van der Waals surface area (Å²) in [5, 5.41) is 15.3. The average molecular weight is 145 g/mol. The minimum absolute atomic E-state index is 0.511. The van der Waals surface area contributed by atoms with Gasteiger partial charge in [0.1, 0.15) is 6.07 Å². The SMILES string of the molecule is CC1=Cc2c(C#N)n[nH]c2C1. The summed E-state index contributed by atoms with van der Waals surface area (Å²) >= 11 is 0. The van der Waals surface area contributed by atoms with Gasteiger partial charge in [-0.25, -0.2) is 0 Å². The second-order valence-corrected chi connectivity index (χ2v) is 2.74. The third-order valence-electron chi connectivity index (χ3n) is 1.84. The van der Waals surface area contributed by atoms with E-state index < -0.39 is 0 Å². The second-order valence-electron chi connectivity index (χ2n) is 2.74. The van der Waals surface area contributed by atoms with Crippen molar-refractivity contribution in [3.63, 3.8) is 0 Å². The Hall–Kier alpha value is -1.56. The molecule has 1 aromatic heterocycles. The van der Waals surface area contributed by atoms with E-state index in [9.17, 15) is 0 Å². The number of rotatable bonds is 0. The Morgan fingerprint density at radius 3 is 3.27 bits per heavy atom. The van der Waals surface area contributed by atoms with Gasteiger partial charge in [-0.15, -0.1) is 0 Å². The third kappa shape index (κ3) is 0.761. The van der Waals surface area contributed by atoms with Crippen LogP contribution in [-0.2, 0) is 6.42 Å². The summed E-state index contributed by atoms with van der Waals surface area (Å²) in [6.45, 7) is 2.05. The molecule has 1 N–H and O–H groups in total. The molecular weight excluding hydrogens is 138 g/mol. The van der Waals surface area contributed by atoms with Crippen LogP contribution in [0.5, 0.6) is 0 Å². The lowest BCUT2D eigenvalue weighted by atomic mass is 10.2. The topological polar surface area (TPSA) is 52.5 Å². The Kier molecular flexibility index (Phi) is 1.10. The summed E-state index contributed by atoms with van der Waals surface area (Å²) in [6.07, 6.45) is 2.92. The van der Waals surface area contributed by atoms with Gasteiger partial charge in [-0.3, -0.25) is 5.10 Å². The fourth-order valence-corrected chi connectivity index (χ4v) is 1.34. The van der Waals surface area contributed by atoms with Gasteiger partial charge in [-0.05, 0) is 6.92 Å². The molecule has 1 heterocycles. The maximum atomic E-state index is 8.62. The summed E-state index contributed by atoms with van der Waals surface area (Å²) in [4.78, 5) is 0. The molecule has 0 bridgehead atoms. The summed E-state index contributed by atoms with van der Waals surface area (Å²) in [5.41, 5.74) is 3.84. The van der Waals surface area contributed by atoms with Crippen molar-refractivity contribution in [3.8, 4) is 6.07 Å². The molecule has 0 aliphatic heterocycles. The van der Waals surface area contributed by atoms with Crippen LogP contribution in [-0.4, -0.2) is 10.2 Å². The van der Waals surface area contributed by atoms with Crippen molar-refractivity contribution in [2.24, 2.45) is 0 Å². The highest BCUT2D eigenvalue weighted by Crippen LogP contribution is 2.24. The average Bonchev–Trinajstić information content (AvgIpc) is 2.45. The number of nitrogens with zero attached hydrogens (tertiary/aromatic N) is 2. The summed E-state index contributed by atoms with van der Waals surface area (Å²) < 4.78 is 0. The molecule has 11 heavy (non-hydrogen) atoms. The molecule has 3 heteroatoms. The van der Waals surface area contributed by atoms with E-state index in [0.29, 0.717) is 5.69 Å². The van der Waals surface area contributed by atoms with E-state index in [2.05, 4.69) is 17.1 Å². The highest BCUT2D eigenvalue weighted by Gasteiger charge is 2.16. The van der Waals surface area contributed by atoms with Crippen molar-refractivity contribution in [1.29, 1.82) is 5.26 Å². The summed E-state index contributed by atoms with van der Waals surface area (Å²) in [5.74, 6) is 0. The van der Waals surface area contributed by atoms with E-state index in [1.807, 2.05) is 12.1 Å². The molecule has 0 saturated heterocycles. The number of aromatic nitrogens is 2. The van der Waals surface area contributed by atoms with Gasteiger partial charge in [0, 0.05) is 17.7 Å². The van der Waals surface area contributed by atoms with Crippen LogP contribution in [0.25, 0.3) is 6.08 Å². The molecule has 1 aliphatic rings. The Bertz CT molecular complexity index is 365. The van der Waals surface area contributed by atoms with E-state index >= 15 is 0 Å². The van der Waals surface area contributed by atoms with E-state index in [-0.39, 0.29) is 0 Å². The van der Waals surface area contributed by atoms with Crippen LogP contribution in [0.15, 0.2) is 5.57 Å². The zero-order valence-electron chi connectivity index (χ0n) is 6.18. The van der Waals surface area contributed by atoms with Gasteiger partial charge in [0.15, 0.2) is 5.69 Å². The molecule has 1 aliphatic carbocycles. The van der Waals surface area contributed by atoms with Gasteiger partial charge in [-0.1, -0.05) is 11.6 Å². The van der Waals surface area contributed by atoms with Gasteiger partial charge in [0.05, 0.1) is 0 Å². The zero-order valence-corrected chi connectivity index (χ0v) is 6.18. The van der Waals surface area contributed by atoms with Gasteiger partial charge in [0.25, 0.3) is 0 Å². The predicted octanol–water partition coefficient (Wildman–Crippen LogP) is 1.24. The van der Waals surface area contributed by atoms with Gasteiger partial charge < -0.3 is 0 Å². The first-order valence-electron chi connectivity index (χ1n) is 3.46. The lowest BCUT2D eigenvalue weighted by molar-refractivity contribution is 0.988. The Morgan fingerprint density at radius 2 is 2.55 bits per heavy atom. The van der Waals surface area contributed by atoms with Gasteiger partial charge >= 0.3 is 0 Å². The number of aromatic amines is 1. The van der Waals surface area contributed by atoms with Crippen molar-refractivity contribution in [2.45, 2.75) is 13.3 Å². The molecule has 0 fully saturated rings. The standard InChI is InChI=1S/C8H7N3/c1-5-2-6-7(3-5)10-11-8(6)4-9/h2H,3H2,1H3,(H,10,11). The molecule has 0 spiro atoms. The van der Waals surface area contributed by atoms with Crippen LogP contribution in [0, 0.1) is 11.3 Å². The maximum absolute atomic E-state index is 8.62. The van der Waals surface area contributed by atoms with Crippen molar-refractivity contribution in [1.82, 2.24) is 10.2 Å². The zero-order chi connectivity index (χ0) is 7.84. The minimum atomic E-state index is 0.511. The molecule has 0 atom stereocenters. The molecule has 1 aromatic rings. The molecule has 54 valence electrons. The van der Waals surface area contributed by atoms with Crippen LogP contribution in [0.4, 0.5) is 0 Å². The van der Waals surface area contributed by atoms with E-state index in [4.69, 9.17) is 5.26 Å². The number of hydrogen-bond acceptors (Lipinski definition) is 2. The largest absolute Gasteiger partial charge is 0.280 e. The van der Waals surface area contributed by atoms with Crippen molar-refractivity contribution in [2.75, 3.05) is 0 Å². The van der Waals surface area contributed by atoms with E-state index in [1.165, 1.54) is 5.57 Å². The first-order valence-corrected chi connectivity index (χ1v) is 3.46. The van der Waals surface area contributed by atoms with Crippen molar-refractivity contribution < 1.29 is 0 Å². The first-order chi connectivity index (χ1) is 5.31. The van der Waals surface area contributed by atoms with E-state index in [1.54, 1.807) is 0 Å². The Morgan fingerprint density at radius 1 is 1.73 bits per heavy atom. The molecule has 0 radical (unpaired) electrons. The lowest BCUT2D eigenvalue weighted by Crippen LogP contribution is -1.80. The molecule has 3 nitrogen and oxygen atoms in total. The van der Waals surface area contributed by atoms with Crippen LogP contribution >= 0.6 is 0 Å². The second kappa shape index (κ2) is 1.96. The number of nitriles is 1. The van der Waals surface area contributed by atoms with Crippen molar-refractivity contribution >= 4 is 6.08 Å². The quantitative estimate of drug-likeness (QED) is 0.597. The normalized spacial score (nSPS) is 14.0. The number of allylic oxidation sites excluding steroid dienone is 1. The van der Waals surface area contributed by atoms with Gasteiger partial charge in [0.2, 0.25) is 0 Å². The minimum Gasteiger partial charge on any atom is -0.280 e. The Labute approximate surface area is 64.4 Å². The fourth-order valence-electron chi connectivity index (χ4n) is 1.34. The van der Waals surface area contributed by atoms with Crippen LogP contribution in [0.1, 0.15) is 23.9 Å². The molecule has 0 aromatic carbocycles. The molecule has 2 rings (SSSR count). The Balaban J connectivity index is 2.60. The number of H-pyrrole nitrogens is 1. The first kappa shape index (κ1) is 6.17. The maximum Gasteiger partial charge on any atom is 0.169 e. The summed E-state index contributed by atoms with van der Waals surface area (Å²) in [7, 11) is 0. The predicted molar refractivity (Wildman–Crippen MR) is 40.7 cm³/mol. The highest BCUT2D eigenvalue weighted by molar-refractivity contribution is 5.65. The number of fused-ring (bicyclic) bond motifs is 1. The van der Waals surface area contributed by atoms with Gasteiger partial charge in [-0.2, -0.15) is 10.4 Å². The fraction of sp³-hybridized carbons (Fsp3) is 0.250. The molecule has 0 saturated carbocycles. The van der Waals surface area contributed by atoms with E-state index in [0.717, 1.165) is 17.7 Å². The van der Waals surface area contributed by atoms with Crippen LogP contribution in [0.3, 0.4) is 0 Å². The summed E-state index contributed by atoms with van der Waals surface area (Å²) in [6, 6.07) is 2.04.